The van der Waals surface area contributed by atoms with Gasteiger partial charge in [-0.15, -0.1) is 0 Å². The number of hydrogen-bond donors (Lipinski definition) is 1. The quantitative estimate of drug-likeness (QED) is 0.797. The molecule has 0 aromatic heterocycles. The van der Waals surface area contributed by atoms with Crippen LogP contribution in [0.2, 0.25) is 5.02 Å². The Morgan fingerprint density at radius 3 is 3.05 bits per heavy atom. The number of benzene rings is 1. The minimum Gasteiger partial charge on any atom is -0.389 e. The number of hydrogen-bond acceptors (Lipinski definition) is 4. The molecule has 1 heterocycles. The van der Waals surface area contributed by atoms with E-state index in [1.165, 1.54) is 0 Å². The summed E-state index contributed by atoms with van der Waals surface area (Å²) >= 11 is 6.08. The van der Waals surface area contributed by atoms with E-state index in [0.717, 1.165) is 38.1 Å². The van der Waals surface area contributed by atoms with E-state index in [0.29, 0.717) is 30.9 Å². The average molecular weight is 328 g/mol. The molecule has 1 aliphatic rings. The number of ether oxygens (including phenoxy) is 2. The molecular weight excluding hydrogens is 302 g/mol. The van der Waals surface area contributed by atoms with Gasteiger partial charge in [-0.3, -0.25) is 4.90 Å². The van der Waals surface area contributed by atoms with Gasteiger partial charge in [0.25, 0.3) is 0 Å². The van der Waals surface area contributed by atoms with Crippen LogP contribution < -0.4 is 0 Å². The summed E-state index contributed by atoms with van der Waals surface area (Å²) < 4.78 is 11.3. The molecule has 0 saturated carbocycles. The molecule has 1 saturated heterocycles. The standard InChI is InChI=1S/C17H26ClNO3/c1-2-5-16-11-19(8-9-22-16)10-15(20)13-21-12-14-6-3-4-7-17(14)18/h3-4,6-7,15-16,20H,2,5,8-13H2,1H3. The van der Waals surface area contributed by atoms with Gasteiger partial charge in [0.1, 0.15) is 0 Å². The molecule has 5 heteroatoms. The maximum Gasteiger partial charge on any atom is 0.0900 e. The summed E-state index contributed by atoms with van der Waals surface area (Å²) in [5, 5.41) is 10.8. The number of aliphatic hydroxyl groups is 1. The monoisotopic (exact) mass is 327 g/mol. The zero-order valence-corrected chi connectivity index (χ0v) is 14.0. The highest BCUT2D eigenvalue weighted by molar-refractivity contribution is 6.31. The van der Waals surface area contributed by atoms with Crippen molar-refractivity contribution in [3.63, 3.8) is 0 Å². The minimum absolute atomic E-state index is 0.301. The van der Waals surface area contributed by atoms with Crippen LogP contribution in [0, 0.1) is 0 Å². The smallest absolute Gasteiger partial charge is 0.0900 e. The molecule has 1 fully saturated rings. The second-order valence-corrected chi connectivity index (χ2v) is 6.21. The molecule has 1 aromatic carbocycles. The zero-order chi connectivity index (χ0) is 15.8. The highest BCUT2D eigenvalue weighted by atomic mass is 35.5. The summed E-state index contributed by atoms with van der Waals surface area (Å²) in [6.07, 6.45) is 2.02. The first-order valence-corrected chi connectivity index (χ1v) is 8.40. The van der Waals surface area contributed by atoms with Crippen molar-refractivity contribution in [2.75, 3.05) is 32.8 Å². The normalized spacial score (nSPS) is 21.0. The van der Waals surface area contributed by atoms with Crippen LogP contribution in [0.4, 0.5) is 0 Å². The van der Waals surface area contributed by atoms with Gasteiger partial charge in [-0.25, -0.2) is 0 Å². The summed E-state index contributed by atoms with van der Waals surface area (Å²) in [6.45, 7) is 6.07. The first kappa shape index (κ1) is 17.7. The highest BCUT2D eigenvalue weighted by Crippen LogP contribution is 2.16. The highest BCUT2D eigenvalue weighted by Gasteiger charge is 2.21. The van der Waals surface area contributed by atoms with Gasteiger partial charge in [0.05, 0.1) is 32.0 Å². The van der Waals surface area contributed by atoms with Crippen LogP contribution in [0.1, 0.15) is 25.3 Å². The van der Waals surface area contributed by atoms with Crippen molar-refractivity contribution in [1.82, 2.24) is 4.90 Å². The van der Waals surface area contributed by atoms with Gasteiger partial charge in [-0.05, 0) is 18.1 Å². The van der Waals surface area contributed by atoms with E-state index in [1.807, 2.05) is 24.3 Å². The van der Waals surface area contributed by atoms with E-state index < -0.39 is 6.10 Å². The zero-order valence-electron chi connectivity index (χ0n) is 13.2. The first-order valence-electron chi connectivity index (χ1n) is 8.02. The second-order valence-electron chi connectivity index (χ2n) is 5.80. The number of β-amino-alcohol motifs (C(OH)–C–C–N with tert-alkyl or cyclic N) is 1. The Morgan fingerprint density at radius 2 is 2.27 bits per heavy atom. The van der Waals surface area contributed by atoms with Crippen LogP contribution in [0.3, 0.4) is 0 Å². The van der Waals surface area contributed by atoms with Crippen LogP contribution in [0.25, 0.3) is 0 Å². The fraction of sp³-hybridized carbons (Fsp3) is 0.647. The fourth-order valence-corrected chi connectivity index (χ4v) is 2.90. The van der Waals surface area contributed by atoms with Crippen LogP contribution in [0.15, 0.2) is 24.3 Å². The molecule has 0 amide bonds. The Bertz CT molecular complexity index is 442. The molecule has 2 atom stereocenters. The molecule has 2 rings (SSSR count). The molecule has 1 aromatic rings. The Balaban J connectivity index is 1.67. The van der Waals surface area contributed by atoms with E-state index in [2.05, 4.69) is 11.8 Å². The first-order chi connectivity index (χ1) is 10.7. The van der Waals surface area contributed by atoms with Crippen molar-refractivity contribution in [2.24, 2.45) is 0 Å². The van der Waals surface area contributed by atoms with Crippen LogP contribution >= 0.6 is 11.6 Å². The van der Waals surface area contributed by atoms with Crippen molar-refractivity contribution in [3.8, 4) is 0 Å². The summed E-state index contributed by atoms with van der Waals surface area (Å²) in [5.74, 6) is 0. The lowest BCUT2D eigenvalue weighted by Gasteiger charge is -2.34. The van der Waals surface area contributed by atoms with Gasteiger partial charge in [-0.2, -0.15) is 0 Å². The number of rotatable bonds is 8. The van der Waals surface area contributed by atoms with Gasteiger partial charge in [0.2, 0.25) is 0 Å². The number of aliphatic hydroxyl groups excluding tert-OH is 1. The molecule has 2 unspecified atom stereocenters. The van der Waals surface area contributed by atoms with E-state index in [1.54, 1.807) is 0 Å². The molecule has 22 heavy (non-hydrogen) atoms. The summed E-state index contributed by atoms with van der Waals surface area (Å²) in [6, 6.07) is 7.61. The third-order valence-corrected chi connectivity index (χ3v) is 4.20. The molecule has 4 nitrogen and oxygen atoms in total. The predicted octanol–water partition coefficient (Wildman–Crippen LogP) is 2.72. The van der Waals surface area contributed by atoms with Crippen molar-refractivity contribution < 1.29 is 14.6 Å². The number of halogens is 1. The molecular formula is C17H26ClNO3. The SMILES string of the molecule is CCCC1CN(CC(O)COCc2ccccc2Cl)CCO1. The number of nitrogens with zero attached hydrogens (tertiary/aromatic N) is 1. The van der Waals surface area contributed by atoms with Crippen molar-refractivity contribution in [1.29, 1.82) is 0 Å². The Hall–Kier alpha value is -0.650. The average Bonchev–Trinajstić information content (AvgIpc) is 2.50. The van der Waals surface area contributed by atoms with Gasteiger partial charge in [-0.1, -0.05) is 43.1 Å². The Labute approximate surface area is 138 Å². The lowest BCUT2D eigenvalue weighted by molar-refractivity contribution is -0.0547. The van der Waals surface area contributed by atoms with Crippen LogP contribution in [-0.2, 0) is 16.1 Å². The summed E-state index contributed by atoms with van der Waals surface area (Å²) in [5.41, 5.74) is 0.950. The molecule has 124 valence electrons. The lowest BCUT2D eigenvalue weighted by Crippen LogP contribution is -2.46. The third-order valence-electron chi connectivity index (χ3n) is 3.83. The van der Waals surface area contributed by atoms with Crippen LogP contribution in [-0.4, -0.2) is 55.1 Å². The Morgan fingerprint density at radius 1 is 1.45 bits per heavy atom. The van der Waals surface area contributed by atoms with Crippen molar-refractivity contribution in [3.05, 3.63) is 34.9 Å². The topological polar surface area (TPSA) is 41.9 Å². The molecule has 0 spiro atoms. The van der Waals surface area contributed by atoms with Crippen molar-refractivity contribution in [2.45, 2.75) is 38.6 Å². The second kappa shape index (κ2) is 9.48. The summed E-state index contributed by atoms with van der Waals surface area (Å²) in [4.78, 5) is 2.26. The van der Waals surface area contributed by atoms with E-state index in [-0.39, 0.29) is 0 Å². The van der Waals surface area contributed by atoms with Crippen LogP contribution in [0.5, 0.6) is 0 Å². The molecule has 1 N–H and O–H groups in total. The maximum absolute atomic E-state index is 10.1. The van der Waals surface area contributed by atoms with Gasteiger partial charge in [0.15, 0.2) is 0 Å². The van der Waals surface area contributed by atoms with Gasteiger partial charge < -0.3 is 14.6 Å². The largest absolute Gasteiger partial charge is 0.389 e. The minimum atomic E-state index is -0.483. The third kappa shape index (κ3) is 5.86. The maximum atomic E-state index is 10.1. The fourth-order valence-electron chi connectivity index (χ4n) is 2.71. The Kier molecular flexibility index (Phi) is 7.63. The summed E-state index contributed by atoms with van der Waals surface area (Å²) in [7, 11) is 0. The van der Waals surface area contributed by atoms with E-state index in [9.17, 15) is 5.11 Å². The lowest BCUT2D eigenvalue weighted by atomic mass is 10.1. The van der Waals surface area contributed by atoms with E-state index >= 15 is 0 Å². The molecule has 0 bridgehead atoms. The predicted molar refractivity (Wildman–Crippen MR) is 88.2 cm³/mol. The van der Waals surface area contributed by atoms with Gasteiger partial charge in [0, 0.05) is 24.7 Å². The molecule has 0 radical (unpaired) electrons. The van der Waals surface area contributed by atoms with E-state index in [4.69, 9.17) is 21.1 Å². The molecule has 1 aliphatic heterocycles. The molecule has 0 aliphatic carbocycles. The van der Waals surface area contributed by atoms with Gasteiger partial charge >= 0.3 is 0 Å². The van der Waals surface area contributed by atoms with Crippen molar-refractivity contribution >= 4 is 11.6 Å². The number of morpholine rings is 1.